The third-order valence-electron chi connectivity index (χ3n) is 4.70. The second kappa shape index (κ2) is 6.98. The SMILES string of the molecule is O=C(c1c[nH]c2ccccc12)[C@@H](Sc1nnc2ccccn12)c1ccccc1. The zero-order chi connectivity index (χ0) is 18.9. The van der Waals surface area contributed by atoms with Crippen LogP contribution in [-0.2, 0) is 0 Å². The van der Waals surface area contributed by atoms with Crippen molar-refractivity contribution >= 4 is 34.1 Å². The van der Waals surface area contributed by atoms with Crippen molar-refractivity contribution in [3.05, 3.63) is 96.3 Å². The molecule has 0 aliphatic rings. The molecule has 0 amide bonds. The van der Waals surface area contributed by atoms with Crippen LogP contribution in [0.15, 0.2) is 90.3 Å². The first-order valence-corrected chi connectivity index (χ1v) is 9.81. The predicted octanol–water partition coefficient (Wildman–Crippen LogP) is 4.93. The number of ketones is 1. The molecule has 2 aromatic carbocycles. The summed E-state index contributed by atoms with van der Waals surface area (Å²) in [6.45, 7) is 0. The summed E-state index contributed by atoms with van der Waals surface area (Å²) in [5, 5.41) is 9.71. The van der Waals surface area contributed by atoms with E-state index in [0.717, 1.165) is 22.1 Å². The number of nitrogens with one attached hydrogen (secondary N) is 1. The maximum Gasteiger partial charge on any atom is 0.196 e. The molecule has 3 aromatic heterocycles. The van der Waals surface area contributed by atoms with Gasteiger partial charge in [0.25, 0.3) is 0 Å². The van der Waals surface area contributed by atoms with Gasteiger partial charge in [-0.05, 0) is 23.8 Å². The number of aromatic amines is 1. The van der Waals surface area contributed by atoms with E-state index < -0.39 is 5.25 Å². The smallest absolute Gasteiger partial charge is 0.196 e. The molecule has 0 fully saturated rings. The normalized spacial score (nSPS) is 12.4. The molecular formula is C22H16N4OS. The molecule has 6 heteroatoms. The van der Waals surface area contributed by atoms with Gasteiger partial charge in [0, 0.05) is 28.9 Å². The quantitative estimate of drug-likeness (QED) is 0.345. The molecule has 28 heavy (non-hydrogen) atoms. The molecule has 0 aliphatic heterocycles. The van der Waals surface area contributed by atoms with E-state index in [4.69, 9.17) is 0 Å². The molecule has 136 valence electrons. The Morgan fingerprint density at radius 2 is 1.71 bits per heavy atom. The number of pyridine rings is 1. The highest BCUT2D eigenvalue weighted by atomic mass is 32.2. The molecule has 5 rings (SSSR count). The van der Waals surface area contributed by atoms with Gasteiger partial charge in [0.1, 0.15) is 5.25 Å². The van der Waals surface area contributed by atoms with E-state index in [1.54, 1.807) is 6.20 Å². The summed E-state index contributed by atoms with van der Waals surface area (Å²) in [5.41, 5.74) is 3.34. The first-order valence-electron chi connectivity index (χ1n) is 8.93. The number of thioether (sulfide) groups is 1. The summed E-state index contributed by atoms with van der Waals surface area (Å²) < 4.78 is 1.91. The molecule has 0 aliphatic carbocycles. The van der Waals surface area contributed by atoms with Crippen molar-refractivity contribution in [1.29, 1.82) is 0 Å². The van der Waals surface area contributed by atoms with Crippen LogP contribution in [0, 0.1) is 0 Å². The zero-order valence-electron chi connectivity index (χ0n) is 14.8. The van der Waals surface area contributed by atoms with E-state index in [9.17, 15) is 4.79 Å². The Labute approximate surface area is 165 Å². The highest BCUT2D eigenvalue weighted by molar-refractivity contribution is 8.00. The van der Waals surface area contributed by atoms with E-state index in [-0.39, 0.29) is 5.78 Å². The maximum absolute atomic E-state index is 13.6. The number of H-pyrrole nitrogens is 1. The van der Waals surface area contributed by atoms with Gasteiger partial charge in [0.05, 0.1) is 0 Å². The third-order valence-corrected chi connectivity index (χ3v) is 5.91. The van der Waals surface area contributed by atoms with Crippen molar-refractivity contribution in [3.63, 3.8) is 0 Å². The number of nitrogens with zero attached hydrogens (tertiary/aromatic N) is 3. The summed E-state index contributed by atoms with van der Waals surface area (Å²) >= 11 is 1.42. The lowest BCUT2D eigenvalue weighted by atomic mass is 10.0. The predicted molar refractivity (Wildman–Crippen MR) is 111 cm³/mol. The Morgan fingerprint density at radius 3 is 2.61 bits per heavy atom. The fraction of sp³-hybridized carbons (Fsp3) is 0.0455. The molecule has 0 radical (unpaired) electrons. The molecule has 3 heterocycles. The van der Waals surface area contributed by atoms with E-state index in [2.05, 4.69) is 15.2 Å². The van der Waals surface area contributed by atoms with Crippen molar-refractivity contribution in [1.82, 2.24) is 19.6 Å². The number of hydrogen-bond acceptors (Lipinski definition) is 4. The number of rotatable bonds is 5. The van der Waals surface area contributed by atoms with Gasteiger partial charge in [0.15, 0.2) is 16.6 Å². The van der Waals surface area contributed by atoms with Gasteiger partial charge in [-0.25, -0.2) is 0 Å². The van der Waals surface area contributed by atoms with Crippen LogP contribution in [0.1, 0.15) is 21.2 Å². The summed E-state index contributed by atoms with van der Waals surface area (Å²) in [7, 11) is 0. The minimum atomic E-state index is -0.423. The zero-order valence-corrected chi connectivity index (χ0v) is 15.6. The van der Waals surface area contributed by atoms with Crippen LogP contribution in [0.25, 0.3) is 16.6 Å². The lowest BCUT2D eigenvalue weighted by molar-refractivity contribution is 0.0991. The van der Waals surface area contributed by atoms with Crippen LogP contribution in [0.4, 0.5) is 0 Å². The van der Waals surface area contributed by atoms with Crippen LogP contribution in [0.2, 0.25) is 0 Å². The molecule has 0 saturated carbocycles. The van der Waals surface area contributed by atoms with Crippen molar-refractivity contribution in [3.8, 4) is 0 Å². The van der Waals surface area contributed by atoms with Crippen LogP contribution in [0.5, 0.6) is 0 Å². The summed E-state index contributed by atoms with van der Waals surface area (Å²) in [4.78, 5) is 16.8. The van der Waals surface area contributed by atoms with Crippen LogP contribution in [0.3, 0.4) is 0 Å². The number of para-hydroxylation sites is 1. The van der Waals surface area contributed by atoms with Crippen LogP contribution < -0.4 is 0 Å². The van der Waals surface area contributed by atoms with Crippen molar-refractivity contribution in [2.45, 2.75) is 10.4 Å². The molecule has 1 N–H and O–H groups in total. The van der Waals surface area contributed by atoms with E-state index >= 15 is 0 Å². The largest absolute Gasteiger partial charge is 0.360 e. The standard InChI is InChI=1S/C22H16N4OS/c27-20(17-14-23-18-11-5-4-10-16(17)18)21(15-8-2-1-3-9-15)28-22-25-24-19-12-6-7-13-26(19)22/h1-14,21,23H/t21-/m0/s1. The summed E-state index contributed by atoms with van der Waals surface area (Å²) in [6, 6.07) is 23.4. The van der Waals surface area contributed by atoms with Gasteiger partial charge in [-0.15, -0.1) is 10.2 Å². The highest BCUT2D eigenvalue weighted by Crippen LogP contribution is 2.38. The van der Waals surface area contributed by atoms with Gasteiger partial charge in [-0.1, -0.05) is 66.4 Å². The molecule has 0 bridgehead atoms. The van der Waals surface area contributed by atoms with Gasteiger partial charge in [-0.2, -0.15) is 0 Å². The average molecular weight is 384 g/mol. The molecule has 5 aromatic rings. The average Bonchev–Trinajstić information content (AvgIpc) is 3.36. The number of carbonyl (C=O) groups excluding carboxylic acids is 1. The monoisotopic (exact) mass is 384 g/mol. The summed E-state index contributed by atoms with van der Waals surface area (Å²) in [5.74, 6) is 0.0429. The second-order valence-corrected chi connectivity index (χ2v) is 7.50. The Bertz CT molecular complexity index is 1280. The number of aromatic nitrogens is 4. The minimum Gasteiger partial charge on any atom is -0.360 e. The number of Topliss-reactive ketones (excluding diaryl/α,β-unsaturated/α-hetero) is 1. The Morgan fingerprint density at radius 1 is 0.929 bits per heavy atom. The summed E-state index contributed by atoms with van der Waals surface area (Å²) in [6.07, 6.45) is 3.71. The Balaban J connectivity index is 1.60. The molecule has 0 saturated heterocycles. The van der Waals surface area contributed by atoms with E-state index in [1.165, 1.54) is 11.8 Å². The van der Waals surface area contributed by atoms with E-state index in [0.29, 0.717) is 10.7 Å². The van der Waals surface area contributed by atoms with Gasteiger partial charge in [0.2, 0.25) is 0 Å². The maximum atomic E-state index is 13.6. The van der Waals surface area contributed by atoms with Gasteiger partial charge in [-0.3, -0.25) is 9.20 Å². The Hall–Kier alpha value is -3.38. The molecule has 0 spiro atoms. The topological polar surface area (TPSA) is 63.0 Å². The lowest BCUT2D eigenvalue weighted by Gasteiger charge is -2.14. The first-order chi connectivity index (χ1) is 13.8. The second-order valence-electron chi connectivity index (χ2n) is 6.43. The van der Waals surface area contributed by atoms with Gasteiger partial charge >= 0.3 is 0 Å². The van der Waals surface area contributed by atoms with Crippen LogP contribution in [-0.4, -0.2) is 25.4 Å². The fourth-order valence-corrected chi connectivity index (χ4v) is 4.42. The number of carbonyl (C=O) groups is 1. The first kappa shape index (κ1) is 16.8. The van der Waals surface area contributed by atoms with Crippen molar-refractivity contribution < 1.29 is 4.79 Å². The Kier molecular flexibility index (Phi) is 4.18. The number of fused-ring (bicyclic) bond motifs is 2. The third kappa shape index (κ3) is 2.88. The molecule has 0 unspecified atom stereocenters. The highest BCUT2D eigenvalue weighted by Gasteiger charge is 2.27. The van der Waals surface area contributed by atoms with E-state index in [1.807, 2.05) is 83.4 Å². The van der Waals surface area contributed by atoms with Crippen molar-refractivity contribution in [2.24, 2.45) is 0 Å². The molecule has 5 nitrogen and oxygen atoms in total. The molecular weight excluding hydrogens is 368 g/mol. The molecule has 1 atom stereocenters. The van der Waals surface area contributed by atoms with Crippen molar-refractivity contribution in [2.75, 3.05) is 0 Å². The number of benzene rings is 2. The lowest BCUT2D eigenvalue weighted by Crippen LogP contribution is -2.10. The fourth-order valence-electron chi connectivity index (χ4n) is 3.32. The number of hydrogen-bond donors (Lipinski definition) is 1. The van der Waals surface area contributed by atoms with Gasteiger partial charge < -0.3 is 4.98 Å². The van der Waals surface area contributed by atoms with Crippen LogP contribution >= 0.6 is 11.8 Å². The minimum absolute atomic E-state index is 0.0429.